The van der Waals surface area contributed by atoms with E-state index in [4.69, 9.17) is 4.98 Å². The van der Waals surface area contributed by atoms with Crippen molar-refractivity contribution in [1.29, 1.82) is 0 Å². The summed E-state index contributed by atoms with van der Waals surface area (Å²) in [5, 5.41) is 0. The maximum Gasteiger partial charge on any atom is 0.150 e. The number of nitrogens with zero attached hydrogens (tertiary/aromatic N) is 2. The minimum absolute atomic E-state index is 0.363. The van der Waals surface area contributed by atoms with Crippen molar-refractivity contribution in [2.45, 2.75) is 51.5 Å². The fourth-order valence-corrected chi connectivity index (χ4v) is 4.88. The predicted octanol–water partition coefficient (Wildman–Crippen LogP) is 2.15. The standard InChI is InChI=1S/C14H22N2O2S/c1-11-3-2-6-16-10-13(15-14(11)16)9-12-4-7-19(17,18)8-5-12/h10-12H,2-9H2,1H3. The highest BCUT2D eigenvalue weighted by Crippen LogP contribution is 2.28. The van der Waals surface area contributed by atoms with Crippen molar-refractivity contribution >= 4 is 9.84 Å². The Morgan fingerprint density at radius 3 is 2.74 bits per heavy atom. The minimum atomic E-state index is -2.74. The minimum Gasteiger partial charge on any atom is -0.334 e. The summed E-state index contributed by atoms with van der Waals surface area (Å²) in [6.45, 7) is 3.33. The molecule has 5 heteroatoms. The molecule has 2 aliphatic heterocycles. The molecule has 106 valence electrons. The van der Waals surface area contributed by atoms with Crippen molar-refractivity contribution in [3.8, 4) is 0 Å². The second kappa shape index (κ2) is 4.93. The quantitative estimate of drug-likeness (QED) is 0.835. The normalized spacial score (nSPS) is 27.1. The lowest BCUT2D eigenvalue weighted by molar-refractivity contribution is 0.458. The van der Waals surface area contributed by atoms with Gasteiger partial charge in [0.1, 0.15) is 15.7 Å². The Morgan fingerprint density at radius 2 is 2.05 bits per heavy atom. The Labute approximate surface area is 115 Å². The summed E-state index contributed by atoms with van der Waals surface area (Å²) in [7, 11) is -2.74. The van der Waals surface area contributed by atoms with Gasteiger partial charge >= 0.3 is 0 Å². The first-order chi connectivity index (χ1) is 9.03. The number of hydrogen-bond donors (Lipinski definition) is 0. The molecule has 3 rings (SSSR count). The zero-order valence-electron chi connectivity index (χ0n) is 11.5. The van der Waals surface area contributed by atoms with E-state index in [0.29, 0.717) is 23.3 Å². The molecule has 0 bridgehead atoms. The van der Waals surface area contributed by atoms with Crippen molar-refractivity contribution in [2.24, 2.45) is 5.92 Å². The summed E-state index contributed by atoms with van der Waals surface area (Å²) < 4.78 is 25.2. The molecular formula is C14H22N2O2S. The number of hydrogen-bond acceptors (Lipinski definition) is 3. The molecule has 19 heavy (non-hydrogen) atoms. The van der Waals surface area contributed by atoms with Crippen molar-refractivity contribution in [3.05, 3.63) is 17.7 Å². The summed E-state index contributed by atoms with van der Waals surface area (Å²) in [6.07, 6.45) is 7.22. The summed E-state index contributed by atoms with van der Waals surface area (Å²) in [6, 6.07) is 0. The highest BCUT2D eigenvalue weighted by molar-refractivity contribution is 7.91. The van der Waals surface area contributed by atoms with Crippen molar-refractivity contribution in [3.63, 3.8) is 0 Å². The molecule has 1 fully saturated rings. The lowest BCUT2D eigenvalue weighted by Crippen LogP contribution is -2.24. The molecule has 1 atom stereocenters. The molecule has 0 aliphatic carbocycles. The number of imidazole rings is 1. The third kappa shape index (κ3) is 2.86. The van der Waals surface area contributed by atoms with Gasteiger partial charge in [0.05, 0.1) is 17.2 Å². The average Bonchev–Trinajstić information content (AvgIpc) is 2.76. The second-order valence-corrected chi connectivity index (χ2v) is 8.43. The molecule has 1 aromatic heterocycles. The van der Waals surface area contributed by atoms with E-state index in [-0.39, 0.29) is 0 Å². The van der Waals surface area contributed by atoms with Gasteiger partial charge in [-0.25, -0.2) is 13.4 Å². The maximum absolute atomic E-state index is 11.4. The van der Waals surface area contributed by atoms with Crippen LogP contribution in [0.1, 0.15) is 50.0 Å². The SMILES string of the molecule is CC1CCCn2cc(CC3CCS(=O)(=O)CC3)nc21. The van der Waals surface area contributed by atoms with Gasteiger partial charge in [-0.3, -0.25) is 0 Å². The number of sulfone groups is 1. The van der Waals surface area contributed by atoms with Gasteiger partial charge in [-0.2, -0.15) is 0 Å². The van der Waals surface area contributed by atoms with Crippen LogP contribution in [0.5, 0.6) is 0 Å². The van der Waals surface area contributed by atoms with Crippen LogP contribution in [0.4, 0.5) is 0 Å². The number of fused-ring (bicyclic) bond motifs is 1. The maximum atomic E-state index is 11.4. The molecule has 0 amide bonds. The summed E-state index contributed by atoms with van der Waals surface area (Å²) >= 11 is 0. The Morgan fingerprint density at radius 1 is 1.32 bits per heavy atom. The topological polar surface area (TPSA) is 52.0 Å². The van der Waals surface area contributed by atoms with Crippen LogP contribution in [0.25, 0.3) is 0 Å². The Hall–Kier alpha value is -0.840. The van der Waals surface area contributed by atoms with Crippen LogP contribution < -0.4 is 0 Å². The molecule has 1 unspecified atom stereocenters. The second-order valence-electron chi connectivity index (χ2n) is 6.13. The summed E-state index contributed by atoms with van der Waals surface area (Å²) in [4.78, 5) is 4.78. The van der Waals surface area contributed by atoms with Gasteiger partial charge in [-0.05, 0) is 38.0 Å². The molecule has 1 aromatic rings. The third-order valence-electron chi connectivity index (χ3n) is 4.51. The van der Waals surface area contributed by atoms with E-state index in [1.807, 2.05) is 0 Å². The van der Waals surface area contributed by atoms with Crippen molar-refractivity contribution in [1.82, 2.24) is 9.55 Å². The fraction of sp³-hybridized carbons (Fsp3) is 0.786. The van der Waals surface area contributed by atoms with Gasteiger partial charge in [0, 0.05) is 18.7 Å². The molecule has 0 N–H and O–H groups in total. The van der Waals surface area contributed by atoms with Crippen LogP contribution in [-0.2, 0) is 22.8 Å². The highest BCUT2D eigenvalue weighted by atomic mass is 32.2. The zero-order chi connectivity index (χ0) is 13.5. The molecule has 0 saturated carbocycles. The van der Waals surface area contributed by atoms with Crippen LogP contribution in [0, 0.1) is 5.92 Å². The first-order valence-corrected chi connectivity index (χ1v) is 9.12. The van der Waals surface area contributed by atoms with E-state index < -0.39 is 9.84 Å². The number of aromatic nitrogens is 2. The molecular weight excluding hydrogens is 260 g/mol. The number of aryl methyl sites for hydroxylation is 1. The van der Waals surface area contributed by atoms with Gasteiger partial charge in [0.2, 0.25) is 0 Å². The summed E-state index contributed by atoms with van der Waals surface area (Å²) in [5.41, 5.74) is 1.16. The molecule has 0 radical (unpaired) electrons. The smallest absolute Gasteiger partial charge is 0.150 e. The largest absolute Gasteiger partial charge is 0.334 e. The van der Waals surface area contributed by atoms with E-state index in [9.17, 15) is 8.42 Å². The Kier molecular flexibility index (Phi) is 3.41. The van der Waals surface area contributed by atoms with Crippen molar-refractivity contribution in [2.75, 3.05) is 11.5 Å². The van der Waals surface area contributed by atoms with E-state index in [1.54, 1.807) is 0 Å². The van der Waals surface area contributed by atoms with Crippen molar-refractivity contribution < 1.29 is 8.42 Å². The molecule has 0 aromatic carbocycles. The lowest BCUT2D eigenvalue weighted by atomic mass is 9.97. The van der Waals surface area contributed by atoms with E-state index in [2.05, 4.69) is 17.7 Å². The average molecular weight is 282 g/mol. The third-order valence-corrected chi connectivity index (χ3v) is 6.22. The van der Waals surface area contributed by atoms with Crippen LogP contribution >= 0.6 is 0 Å². The van der Waals surface area contributed by atoms with Crippen LogP contribution in [0.3, 0.4) is 0 Å². The van der Waals surface area contributed by atoms with E-state index >= 15 is 0 Å². The van der Waals surface area contributed by atoms with E-state index in [1.165, 1.54) is 18.7 Å². The molecule has 1 saturated heterocycles. The van der Waals surface area contributed by atoms with Gasteiger partial charge < -0.3 is 4.57 Å². The first kappa shape index (κ1) is 13.2. The lowest BCUT2D eigenvalue weighted by Gasteiger charge is -2.20. The monoisotopic (exact) mass is 282 g/mol. The molecule has 3 heterocycles. The Balaban J connectivity index is 1.68. The number of rotatable bonds is 2. The molecule has 0 spiro atoms. The van der Waals surface area contributed by atoms with Crippen LogP contribution in [0.15, 0.2) is 6.20 Å². The molecule has 2 aliphatic rings. The van der Waals surface area contributed by atoms with Gasteiger partial charge in [-0.15, -0.1) is 0 Å². The van der Waals surface area contributed by atoms with Gasteiger partial charge in [0.25, 0.3) is 0 Å². The van der Waals surface area contributed by atoms with Crippen LogP contribution in [0.2, 0.25) is 0 Å². The van der Waals surface area contributed by atoms with E-state index in [0.717, 1.165) is 31.5 Å². The predicted molar refractivity (Wildman–Crippen MR) is 75.0 cm³/mol. The fourth-order valence-electron chi connectivity index (χ4n) is 3.29. The van der Waals surface area contributed by atoms with Gasteiger partial charge in [0.15, 0.2) is 0 Å². The highest BCUT2D eigenvalue weighted by Gasteiger charge is 2.25. The Bertz CT molecular complexity index is 548. The summed E-state index contributed by atoms with van der Waals surface area (Å²) in [5.74, 6) is 3.01. The van der Waals surface area contributed by atoms with Crippen LogP contribution in [-0.4, -0.2) is 29.5 Å². The van der Waals surface area contributed by atoms with Gasteiger partial charge in [-0.1, -0.05) is 6.92 Å². The zero-order valence-corrected chi connectivity index (χ0v) is 12.3. The first-order valence-electron chi connectivity index (χ1n) is 7.30. The molecule has 4 nitrogen and oxygen atoms in total.